The van der Waals surface area contributed by atoms with Crippen molar-refractivity contribution in [3.05, 3.63) is 64.9 Å². The Kier molecular flexibility index (Phi) is 5.51. The minimum absolute atomic E-state index is 0.180. The van der Waals surface area contributed by atoms with E-state index in [1.165, 1.54) is 18.4 Å². The van der Waals surface area contributed by atoms with Crippen LogP contribution in [0, 0.1) is 13.8 Å². The zero-order valence-corrected chi connectivity index (χ0v) is 18.6. The molecule has 1 amide bonds. The number of hydrogen-bond donors (Lipinski definition) is 2. The van der Waals surface area contributed by atoms with E-state index in [1.54, 1.807) is 17.1 Å². The van der Waals surface area contributed by atoms with Gasteiger partial charge in [-0.1, -0.05) is 6.07 Å². The number of aliphatic hydroxyl groups is 1. The van der Waals surface area contributed by atoms with Gasteiger partial charge < -0.3 is 10.4 Å². The van der Waals surface area contributed by atoms with E-state index < -0.39 is 0 Å². The molecule has 3 aromatic rings. The van der Waals surface area contributed by atoms with Crippen LogP contribution in [0.25, 0.3) is 5.82 Å². The van der Waals surface area contributed by atoms with Crippen LogP contribution in [0.15, 0.2) is 36.8 Å². The summed E-state index contributed by atoms with van der Waals surface area (Å²) < 4.78 is 1.70. The molecule has 3 heterocycles. The molecule has 2 aliphatic carbocycles. The van der Waals surface area contributed by atoms with E-state index in [9.17, 15) is 9.90 Å². The van der Waals surface area contributed by atoms with Crippen molar-refractivity contribution in [2.24, 2.45) is 0 Å². The van der Waals surface area contributed by atoms with Crippen molar-refractivity contribution in [3.8, 4) is 5.82 Å². The molecule has 3 aromatic heterocycles. The van der Waals surface area contributed by atoms with Gasteiger partial charge in [-0.15, -0.1) is 0 Å². The number of nitrogens with one attached hydrogen (secondary N) is 1. The lowest BCUT2D eigenvalue weighted by Gasteiger charge is -2.26. The van der Waals surface area contributed by atoms with Crippen LogP contribution in [-0.4, -0.2) is 36.9 Å². The van der Waals surface area contributed by atoms with E-state index in [-0.39, 0.29) is 12.0 Å². The number of rotatable bonds is 5. The highest BCUT2D eigenvalue weighted by atomic mass is 16.3. The Labute approximate surface area is 187 Å². The normalized spacial score (nSPS) is 20.8. The smallest absolute Gasteiger partial charge is 0.259 e. The molecular weight excluding hydrogens is 402 g/mol. The Morgan fingerprint density at radius 2 is 1.75 bits per heavy atom. The van der Waals surface area contributed by atoms with Crippen molar-refractivity contribution in [2.75, 3.05) is 5.32 Å². The van der Waals surface area contributed by atoms with Gasteiger partial charge in [0.25, 0.3) is 5.91 Å². The zero-order chi connectivity index (χ0) is 22.2. The van der Waals surface area contributed by atoms with E-state index in [4.69, 9.17) is 0 Å². The summed E-state index contributed by atoms with van der Waals surface area (Å²) in [7, 11) is 0. The molecule has 7 nitrogen and oxygen atoms in total. The molecule has 0 spiro atoms. The third kappa shape index (κ3) is 4.17. The molecule has 0 atom stereocenters. The minimum atomic E-state index is -0.210. The first-order valence-electron chi connectivity index (χ1n) is 11.5. The molecule has 0 radical (unpaired) electrons. The van der Waals surface area contributed by atoms with Crippen molar-refractivity contribution in [1.82, 2.24) is 19.7 Å². The van der Waals surface area contributed by atoms with Crippen molar-refractivity contribution >= 4 is 11.6 Å². The van der Waals surface area contributed by atoms with Crippen LogP contribution in [0.5, 0.6) is 0 Å². The third-order valence-electron chi connectivity index (χ3n) is 6.75. The number of pyridine rings is 2. The summed E-state index contributed by atoms with van der Waals surface area (Å²) >= 11 is 0. The fourth-order valence-corrected chi connectivity index (χ4v) is 4.67. The summed E-state index contributed by atoms with van der Waals surface area (Å²) in [6.07, 6.45) is 11.1. The topological polar surface area (TPSA) is 92.9 Å². The maximum absolute atomic E-state index is 12.9. The molecule has 0 saturated heterocycles. The van der Waals surface area contributed by atoms with Crippen LogP contribution in [0.3, 0.4) is 0 Å². The molecule has 32 heavy (non-hydrogen) atoms. The highest BCUT2D eigenvalue weighted by molar-refractivity contribution is 6.04. The monoisotopic (exact) mass is 431 g/mol. The number of nitrogens with zero attached hydrogens (tertiary/aromatic N) is 4. The first kappa shape index (κ1) is 20.8. The summed E-state index contributed by atoms with van der Waals surface area (Å²) in [6, 6.07) is 6.04. The maximum Gasteiger partial charge on any atom is 0.259 e. The number of carbonyl (C=O) groups excluding carboxylic acids is 1. The lowest BCUT2D eigenvalue weighted by molar-refractivity contribution is 0.102. The van der Waals surface area contributed by atoms with E-state index in [1.807, 2.05) is 32.2 Å². The molecular formula is C25H29N5O2. The van der Waals surface area contributed by atoms with Crippen molar-refractivity contribution < 1.29 is 9.90 Å². The summed E-state index contributed by atoms with van der Waals surface area (Å²) in [4.78, 5) is 22.1. The van der Waals surface area contributed by atoms with Crippen LogP contribution >= 0.6 is 0 Å². The van der Waals surface area contributed by atoms with Crippen LogP contribution in [-0.2, 0) is 0 Å². The van der Waals surface area contributed by atoms with Gasteiger partial charge in [-0.2, -0.15) is 5.10 Å². The molecule has 166 valence electrons. The maximum atomic E-state index is 12.9. The quantitative estimate of drug-likeness (QED) is 0.623. The Balaban J connectivity index is 1.29. The van der Waals surface area contributed by atoms with E-state index in [2.05, 4.69) is 26.4 Å². The second kappa shape index (κ2) is 8.47. The SMILES string of the molecule is Cc1cc(NC(=O)c2cnn(-c3ccc(C4CC4)cn3)c2C)cnc1[C@H]1CC[C@@H](O)CC1. The van der Waals surface area contributed by atoms with Gasteiger partial charge in [0.15, 0.2) is 5.82 Å². The van der Waals surface area contributed by atoms with Gasteiger partial charge >= 0.3 is 0 Å². The van der Waals surface area contributed by atoms with Crippen LogP contribution in [0.1, 0.15) is 83.2 Å². The second-order valence-electron chi connectivity index (χ2n) is 9.17. The third-order valence-corrected chi connectivity index (χ3v) is 6.75. The standard InChI is InChI=1S/C25H29N5O2/c1-15-11-20(13-27-24(15)18-5-8-21(31)9-6-18)29-25(32)22-14-28-30(16(22)2)23-10-7-19(12-26-23)17-3-4-17/h7,10-14,17-18,21,31H,3-6,8-9H2,1-2H3,(H,29,32)/t18-,21+. The largest absolute Gasteiger partial charge is 0.393 e. The number of hydrogen-bond acceptors (Lipinski definition) is 5. The zero-order valence-electron chi connectivity index (χ0n) is 18.6. The van der Waals surface area contributed by atoms with Crippen molar-refractivity contribution in [1.29, 1.82) is 0 Å². The number of aryl methyl sites for hydroxylation is 1. The summed E-state index contributed by atoms with van der Waals surface area (Å²) in [5.41, 5.74) is 5.34. The highest BCUT2D eigenvalue weighted by Gasteiger charge is 2.25. The Bertz CT molecular complexity index is 1130. The molecule has 2 fully saturated rings. The number of aliphatic hydroxyl groups excluding tert-OH is 1. The molecule has 7 heteroatoms. The van der Waals surface area contributed by atoms with Gasteiger partial charge in [-0.05, 0) is 81.5 Å². The first-order valence-corrected chi connectivity index (χ1v) is 11.5. The van der Waals surface area contributed by atoms with E-state index >= 15 is 0 Å². The molecule has 0 aromatic carbocycles. The predicted octanol–water partition coefficient (Wildman–Crippen LogP) is 4.43. The number of amides is 1. The molecule has 5 rings (SSSR count). The Morgan fingerprint density at radius 1 is 1.00 bits per heavy atom. The van der Waals surface area contributed by atoms with E-state index in [0.29, 0.717) is 28.9 Å². The Hall–Kier alpha value is -3.06. The van der Waals surface area contributed by atoms with Gasteiger partial charge in [0, 0.05) is 17.8 Å². The van der Waals surface area contributed by atoms with Crippen LogP contribution in [0.2, 0.25) is 0 Å². The minimum Gasteiger partial charge on any atom is -0.393 e. The van der Waals surface area contributed by atoms with Gasteiger partial charge in [-0.25, -0.2) is 9.67 Å². The van der Waals surface area contributed by atoms with Gasteiger partial charge in [0.2, 0.25) is 0 Å². The van der Waals surface area contributed by atoms with Crippen LogP contribution in [0.4, 0.5) is 5.69 Å². The molecule has 0 aliphatic heterocycles. The first-order chi connectivity index (χ1) is 15.5. The average molecular weight is 432 g/mol. The van der Waals surface area contributed by atoms with Gasteiger partial charge in [0.05, 0.1) is 35.4 Å². The molecule has 2 saturated carbocycles. The number of aromatic nitrogens is 4. The summed E-state index contributed by atoms with van der Waals surface area (Å²) in [6.45, 7) is 3.91. The van der Waals surface area contributed by atoms with Crippen molar-refractivity contribution in [3.63, 3.8) is 0 Å². The van der Waals surface area contributed by atoms with E-state index in [0.717, 1.165) is 42.6 Å². The summed E-state index contributed by atoms with van der Waals surface area (Å²) in [5.74, 6) is 1.54. The fraction of sp³-hybridized carbons (Fsp3) is 0.440. The molecule has 0 bridgehead atoms. The molecule has 2 N–H and O–H groups in total. The average Bonchev–Trinajstić information content (AvgIpc) is 3.57. The number of carbonyl (C=O) groups is 1. The fourth-order valence-electron chi connectivity index (χ4n) is 4.67. The highest BCUT2D eigenvalue weighted by Crippen LogP contribution is 2.39. The number of anilines is 1. The second-order valence-corrected chi connectivity index (χ2v) is 9.17. The van der Waals surface area contributed by atoms with Gasteiger partial charge in [-0.3, -0.25) is 9.78 Å². The van der Waals surface area contributed by atoms with Gasteiger partial charge in [0.1, 0.15) is 0 Å². The molecule has 2 aliphatic rings. The summed E-state index contributed by atoms with van der Waals surface area (Å²) in [5, 5.41) is 17.1. The lowest BCUT2D eigenvalue weighted by atomic mass is 9.84. The Morgan fingerprint density at radius 3 is 2.41 bits per heavy atom. The molecule has 0 unspecified atom stereocenters. The lowest BCUT2D eigenvalue weighted by Crippen LogP contribution is -2.19. The van der Waals surface area contributed by atoms with Crippen LogP contribution < -0.4 is 5.32 Å². The van der Waals surface area contributed by atoms with Crippen molar-refractivity contribution in [2.45, 2.75) is 70.3 Å². The predicted molar refractivity (Wildman–Crippen MR) is 122 cm³/mol.